The molecule has 0 aliphatic heterocycles. The first-order valence-corrected chi connectivity index (χ1v) is 14.3. The van der Waals surface area contributed by atoms with E-state index < -0.39 is 5.60 Å². The predicted octanol–water partition coefficient (Wildman–Crippen LogP) is 9.53. The summed E-state index contributed by atoms with van der Waals surface area (Å²) < 4.78 is 8.22. The van der Waals surface area contributed by atoms with Gasteiger partial charge in [0.05, 0.1) is 0 Å². The first kappa shape index (κ1) is 25.5. The van der Waals surface area contributed by atoms with Crippen LogP contribution >= 0.6 is 31.9 Å². The van der Waals surface area contributed by atoms with Crippen molar-refractivity contribution in [1.29, 1.82) is 0 Å². The number of esters is 1. The molecule has 0 radical (unpaired) electrons. The quantitative estimate of drug-likeness (QED) is 0.206. The van der Waals surface area contributed by atoms with E-state index in [1.54, 1.807) is 0 Å². The number of halogens is 2. The molecule has 0 saturated heterocycles. The van der Waals surface area contributed by atoms with Crippen molar-refractivity contribution in [1.82, 2.24) is 0 Å². The number of rotatable bonds is 6. The van der Waals surface area contributed by atoms with E-state index in [2.05, 4.69) is 127 Å². The molecule has 0 amide bonds. The molecule has 3 aromatic rings. The molecule has 2 aliphatic rings. The van der Waals surface area contributed by atoms with Crippen molar-refractivity contribution in [2.45, 2.75) is 51.6 Å². The number of ether oxygens (including phenoxy) is 1. The Hall–Kier alpha value is -2.17. The summed E-state index contributed by atoms with van der Waals surface area (Å²) in [5.41, 5.74) is 7.20. The SMILES string of the molecule is C=CC(=O)OC1(C)CC2C(C(C)C(C)C)c3c(-c4ccc(Br)cc4)ccc(-c4ccc(Br)cc4)c3C21. The first-order valence-electron chi connectivity index (χ1n) is 12.7. The Morgan fingerprint density at radius 3 is 1.89 bits per heavy atom. The average molecular weight is 608 g/mol. The van der Waals surface area contributed by atoms with Gasteiger partial charge in [-0.25, -0.2) is 4.79 Å². The summed E-state index contributed by atoms with van der Waals surface area (Å²) in [5.74, 6) is 1.68. The maximum Gasteiger partial charge on any atom is 0.330 e. The molecular weight excluding hydrogens is 576 g/mol. The van der Waals surface area contributed by atoms with Gasteiger partial charge in [-0.15, -0.1) is 0 Å². The van der Waals surface area contributed by atoms with Crippen molar-refractivity contribution in [3.63, 3.8) is 0 Å². The zero-order valence-corrected chi connectivity index (χ0v) is 24.4. The van der Waals surface area contributed by atoms with Crippen molar-refractivity contribution in [2.24, 2.45) is 17.8 Å². The average Bonchev–Trinajstić information content (AvgIpc) is 3.14. The summed E-state index contributed by atoms with van der Waals surface area (Å²) in [6.45, 7) is 12.8. The molecule has 36 heavy (non-hydrogen) atoms. The number of carbonyl (C=O) groups excluding carboxylic acids is 1. The van der Waals surface area contributed by atoms with Crippen LogP contribution in [0.25, 0.3) is 22.3 Å². The summed E-state index contributed by atoms with van der Waals surface area (Å²) >= 11 is 7.18. The fourth-order valence-corrected chi connectivity index (χ4v) is 7.14. The molecule has 1 saturated carbocycles. The van der Waals surface area contributed by atoms with E-state index in [1.165, 1.54) is 39.5 Å². The monoisotopic (exact) mass is 606 g/mol. The highest BCUT2D eigenvalue weighted by Gasteiger charge is 2.63. The van der Waals surface area contributed by atoms with Crippen molar-refractivity contribution >= 4 is 37.8 Å². The van der Waals surface area contributed by atoms with Crippen LogP contribution in [0.5, 0.6) is 0 Å². The minimum absolute atomic E-state index is 0.150. The topological polar surface area (TPSA) is 26.3 Å². The molecule has 5 unspecified atom stereocenters. The Bertz CT molecular complexity index is 1310. The highest BCUT2D eigenvalue weighted by molar-refractivity contribution is 9.10. The number of hydrogen-bond donors (Lipinski definition) is 0. The summed E-state index contributed by atoms with van der Waals surface area (Å²) in [6.07, 6.45) is 2.16. The molecule has 0 N–H and O–H groups in total. The second-order valence-electron chi connectivity index (χ2n) is 10.9. The second-order valence-corrected chi connectivity index (χ2v) is 12.7. The van der Waals surface area contributed by atoms with E-state index in [9.17, 15) is 4.79 Å². The highest BCUT2D eigenvalue weighted by atomic mass is 79.9. The minimum Gasteiger partial charge on any atom is -0.456 e. The van der Waals surface area contributed by atoms with Gasteiger partial charge in [0.25, 0.3) is 0 Å². The van der Waals surface area contributed by atoms with Crippen LogP contribution in [0.3, 0.4) is 0 Å². The van der Waals surface area contributed by atoms with E-state index in [1.807, 2.05) is 0 Å². The molecule has 186 valence electrons. The lowest BCUT2D eigenvalue weighted by Gasteiger charge is -2.52. The van der Waals surface area contributed by atoms with E-state index in [4.69, 9.17) is 4.74 Å². The molecule has 4 heteroatoms. The number of hydrogen-bond acceptors (Lipinski definition) is 2. The Morgan fingerprint density at radius 2 is 1.42 bits per heavy atom. The molecular formula is C32H32Br2O2. The van der Waals surface area contributed by atoms with Gasteiger partial charge < -0.3 is 4.74 Å². The molecule has 1 fully saturated rings. The standard InChI is InChI=1S/C32H32Br2O2/c1-6-27(35)36-32(5)17-26-28(19(4)18(2)3)29-24(20-7-11-22(33)12-8-20)15-16-25(30(29)31(26)32)21-9-13-23(34)14-10-21/h6-16,18-19,26,28,31H,1,17H2,2-5H3. The lowest BCUT2D eigenvalue weighted by atomic mass is 9.57. The molecule has 0 spiro atoms. The predicted molar refractivity (Wildman–Crippen MR) is 155 cm³/mol. The molecule has 3 aromatic carbocycles. The van der Waals surface area contributed by atoms with Gasteiger partial charge >= 0.3 is 5.97 Å². The lowest BCUT2D eigenvalue weighted by Crippen LogP contribution is -2.52. The molecule has 5 rings (SSSR count). The number of benzene rings is 3. The highest BCUT2D eigenvalue weighted by Crippen LogP contribution is 2.68. The Kier molecular flexibility index (Phi) is 6.80. The van der Waals surface area contributed by atoms with Crippen molar-refractivity contribution in [3.8, 4) is 22.3 Å². The van der Waals surface area contributed by atoms with Crippen molar-refractivity contribution in [2.75, 3.05) is 0 Å². The fourth-order valence-electron chi connectivity index (χ4n) is 6.61. The second kappa shape index (κ2) is 9.61. The lowest BCUT2D eigenvalue weighted by molar-refractivity contribution is -0.173. The third-order valence-electron chi connectivity index (χ3n) is 8.55. The third kappa shape index (κ3) is 4.20. The molecule has 2 aliphatic carbocycles. The molecule has 0 aromatic heterocycles. The smallest absolute Gasteiger partial charge is 0.330 e. The van der Waals surface area contributed by atoms with Crippen LogP contribution in [-0.2, 0) is 9.53 Å². The summed E-state index contributed by atoms with van der Waals surface area (Å²) in [5, 5.41) is 0. The molecule has 0 bridgehead atoms. The van der Waals surface area contributed by atoms with E-state index >= 15 is 0 Å². The fraction of sp³-hybridized carbons (Fsp3) is 0.344. The van der Waals surface area contributed by atoms with Crippen LogP contribution < -0.4 is 0 Å². The van der Waals surface area contributed by atoms with E-state index in [0.29, 0.717) is 23.7 Å². The Morgan fingerprint density at radius 1 is 0.917 bits per heavy atom. The Balaban J connectivity index is 1.78. The summed E-state index contributed by atoms with van der Waals surface area (Å²) in [7, 11) is 0. The van der Waals surface area contributed by atoms with E-state index in [0.717, 1.165) is 15.4 Å². The molecule has 2 nitrogen and oxygen atoms in total. The van der Waals surface area contributed by atoms with Gasteiger partial charge in [-0.2, -0.15) is 0 Å². The number of carbonyl (C=O) groups is 1. The van der Waals surface area contributed by atoms with Gasteiger partial charge in [0.15, 0.2) is 0 Å². The van der Waals surface area contributed by atoms with Crippen molar-refractivity contribution < 1.29 is 9.53 Å². The van der Waals surface area contributed by atoms with Crippen LogP contribution in [0.1, 0.15) is 57.1 Å². The maximum atomic E-state index is 12.4. The zero-order valence-electron chi connectivity index (χ0n) is 21.2. The van der Waals surface area contributed by atoms with Crippen LogP contribution in [0, 0.1) is 17.8 Å². The van der Waals surface area contributed by atoms with Gasteiger partial charge in [0.1, 0.15) is 5.60 Å². The van der Waals surface area contributed by atoms with Crippen LogP contribution in [0.4, 0.5) is 0 Å². The summed E-state index contributed by atoms with van der Waals surface area (Å²) in [4.78, 5) is 12.4. The number of fused-ring (bicyclic) bond motifs is 3. The first-order chi connectivity index (χ1) is 17.1. The largest absolute Gasteiger partial charge is 0.456 e. The van der Waals surface area contributed by atoms with Crippen LogP contribution in [0.15, 0.2) is 82.3 Å². The van der Waals surface area contributed by atoms with Gasteiger partial charge in [-0.05, 0) is 94.7 Å². The molecule has 5 atom stereocenters. The van der Waals surface area contributed by atoms with Gasteiger partial charge in [0, 0.05) is 20.9 Å². The van der Waals surface area contributed by atoms with Crippen LogP contribution in [-0.4, -0.2) is 11.6 Å². The Labute approximate surface area is 231 Å². The van der Waals surface area contributed by atoms with Crippen molar-refractivity contribution in [3.05, 3.63) is 93.4 Å². The van der Waals surface area contributed by atoms with Gasteiger partial charge in [-0.1, -0.05) is 95.6 Å². The normalized spacial score (nSPS) is 25.0. The van der Waals surface area contributed by atoms with Crippen LogP contribution in [0.2, 0.25) is 0 Å². The maximum absolute atomic E-state index is 12.4. The third-order valence-corrected chi connectivity index (χ3v) is 9.61. The van der Waals surface area contributed by atoms with Gasteiger partial charge in [-0.3, -0.25) is 0 Å². The molecule has 0 heterocycles. The summed E-state index contributed by atoms with van der Waals surface area (Å²) in [6, 6.07) is 21.8. The zero-order chi connectivity index (χ0) is 25.8. The van der Waals surface area contributed by atoms with Gasteiger partial charge in [0.2, 0.25) is 0 Å². The minimum atomic E-state index is -0.543. The van der Waals surface area contributed by atoms with E-state index in [-0.39, 0.29) is 11.9 Å².